The molecule has 4 rings (SSSR count). The molecule has 0 bridgehead atoms. The third-order valence-corrected chi connectivity index (χ3v) is 4.63. The highest BCUT2D eigenvalue weighted by Gasteiger charge is 2.31. The lowest BCUT2D eigenvalue weighted by molar-refractivity contribution is -0.130. The smallest absolute Gasteiger partial charge is 0.240 e. The first-order chi connectivity index (χ1) is 13.5. The summed E-state index contributed by atoms with van der Waals surface area (Å²) in [5.74, 6) is -0.261. The molecule has 1 N–H and O–H groups in total. The molecule has 28 heavy (non-hydrogen) atoms. The zero-order chi connectivity index (χ0) is 19.7. The molecule has 1 aromatic heterocycles. The Bertz CT molecular complexity index is 1110. The summed E-state index contributed by atoms with van der Waals surface area (Å²) < 4.78 is 0. The normalized spacial score (nSPS) is 16.1. The van der Waals surface area contributed by atoms with Crippen molar-refractivity contribution in [2.24, 2.45) is 5.10 Å². The van der Waals surface area contributed by atoms with Crippen molar-refractivity contribution in [3.05, 3.63) is 66.0 Å². The number of hydrazone groups is 1. The van der Waals surface area contributed by atoms with Gasteiger partial charge in [0, 0.05) is 38.3 Å². The van der Waals surface area contributed by atoms with Gasteiger partial charge in [0.25, 0.3) is 0 Å². The molecule has 0 radical (unpaired) electrons. The second kappa shape index (κ2) is 7.19. The molecule has 0 saturated carbocycles. The number of aromatic nitrogens is 2. The van der Waals surface area contributed by atoms with E-state index in [1.165, 1.54) is 18.9 Å². The summed E-state index contributed by atoms with van der Waals surface area (Å²) >= 11 is 0. The summed E-state index contributed by atoms with van der Waals surface area (Å²) in [5.41, 5.74) is 4.92. The van der Waals surface area contributed by atoms with Crippen LogP contribution >= 0.6 is 0 Å². The van der Waals surface area contributed by atoms with E-state index < -0.39 is 0 Å². The van der Waals surface area contributed by atoms with Gasteiger partial charge in [-0.1, -0.05) is 18.2 Å². The van der Waals surface area contributed by atoms with Crippen LogP contribution in [0.15, 0.2) is 60.0 Å². The molecule has 2 heterocycles. The molecule has 1 aliphatic heterocycles. The number of nitrogens with zero attached hydrogens (tertiary/aromatic N) is 4. The highest BCUT2D eigenvalue weighted by atomic mass is 16.2. The number of rotatable bonds is 3. The van der Waals surface area contributed by atoms with Crippen molar-refractivity contribution in [1.29, 1.82) is 0 Å². The van der Waals surface area contributed by atoms with E-state index >= 15 is 0 Å². The molecule has 2 aromatic carbocycles. The maximum absolute atomic E-state index is 12.2. The second-order valence-electron chi connectivity index (χ2n) is 6.70. The van der Waals surface area contributed by atoms with Crippen LogP contribution < -0.4 is 5.32 Å². The van der Waals surface area contributed by atoms with Gasteiger partial charge in [0.1, 0.15) is 0 Å². The highest BCUT2D eigenvalue weighted by molar-refractivity contribution is 6.04. The predicted molar refractivity (Wildman–Crippen MR) is 107 cm³/mol. The summed E-state index contributed by atoms with van der Waals surface area (Å²) in [6, 6.07) is 13.1. The number of carbonyl (C=O) groups is 2. The molecule has 0 saturated heterocycles. The molecule has 7 nitrogen and oxygen atoms in total. The Hall–Kier alpha value is -3.61. The lowest BCUT2D eigenvalue weighted by Crippen LogP contribution is -2.24. The summed E-state index contributed by atoms with van der Waals surface area (Å²) in [7, 11) is 0. The van der Waals surface area contributed by atoms with Crippen molar-refractivity contribution in [2.75, 3.05) is 5.32 Å². The topological polar surface area (TPSA) is 87.5 Å². The molecule has 1 unspecified atom stereocenters. The van der Waals surface area contributed by atoms with Crippen molar-refractivity contribution in [1.82, 2.24) is 15.0 Å². The van der Waals surface area contributed by atoms with Gasteiger partial charge in [-0.2, -0.15) is 5.10 Å². The van der Waals surface area contributed by atoms with E-state index in [1.54, 1.807) is 12.4 Å². The minimum absolute atomic E-state index is 0.128. The van der Waals surface area contributed by atoms with E-state index in [9.17, 15) is 9.59 Å². The first kappa shape index (κ1) is 17.8. The van der Waals surface area contributed by atoms with Crippen LogP contribution in [0.2, 0.25) is 0 Å². The summed E-state index contributed by atoms with van der Waals surface area (Å²) in [4.78, 5) is 32.2. The second-order valence-corrected chi connectivity index (χ2v) is 6.70. The average Bonchev–Trinajstić information content (AvgIpc) is 3.13. The Kier molecular flexibility index (Phi) is 4.57. The van der Waals surface area contributed by atoms with Gasteiger partial charge in [-0.15, -0.1) is 0 Å². The molecular formula is C21H19N5O2. The summed E-state index contributed by atoms with van der Waals surface area (Å²) in [6.07, 6.45) is 3.89. The van der Waals surface area contributed by atoms with Crippen LogP contribution in [0.3, 0.4) is 0 Å². The molecule has 0 spiro atoms. The number of anilines is 1. The molecule has 2 amide bonds. The predicted octanol–water partition coefficient (Wildman–Crippen LogP) is 3.29. The molecule has 140 valence electrons. The van der Waals surface area contributed by atoms with Crippen molar-refractivity contribution >= 4 is 34.2 Å². The number of carbonyl (C=O) groups excluding carboxylic acids is 2. The van der Waals surface area contributed by atoms with E-state index in [0.29, 0.717) is 12.1 Å². The van der Waals surface area contributed by atoms with Gasteiger partial charge in [0.2, 0.25) is 11.8 Å². The maximum Gasteiger partial charge on any atom is 0.240 e. The Morgan fingerprint density at radius 1 is 1.04 bits per heavy atom. The maximum atomic E-state index is 12.2. The van der Waals surface area contributed by atoms with Crippen molar-refractivity contribution in [2.45, 2.75) is 26.3 Å². The van der Waals surface area contributed by atoms with Crippen LogP contribution in [-0.4, -0.2) is 32.5 Å². The molecule has 0 fully saturated rings. The first-order valence-corrected chi connectivity index (χ1v) is 8.97. The zero-order valence-corrected chi connectivity index (χ0v) is 15.6. The molecule has 0 aliphatic carbocycles. The SMILES string of the molecule is CC(=O)Nc1cccc(C2=NN(C(C)=O)C(c3ccc4nccnc4c3)C2)c1. The van der Waals surface area contributed by atoms with Crippen LogP contribution in [0.4, 0.5) is 5.69 Å². The molecule has 1 atom stereocenters. The third kappa shape index (κ3) is 3.46. The van der Waals surface area contributed by atoms with E-state index in [-0.39, 0.29) is 17.9 Å². The van der Waals surface area contributed by atoms with Crippen LogP contribution in [0.25, 0.3) is 11.0 Å². The van der Waals surface area contributed by atoms with Gasteiger partial charge in [-0.05, 0) is 35.4 Å². The Morgan fingerprint density at radius 3 is 2.57 bits per heavy atom. The molecule has 1 aliphatic rings. The molecule has 3 aromatic rings. The number of hydrogen-bond acceptors (Lipinski definition) is 5. The van der Waals surface area contributed by atoms with Gasteiger partial charge in [0.15, 0.2) is 0 Å². The van der Waals surface area contributed by atoms with E-state index in [4.69, 9.17) is 0 Å². The lowest BCUT2D eigenvalue weighted by atomic mass is 9.97. The number of nitrogens with one attached hydrogen (secondary N) is 1. The minimum atomic E-state index is -0.205. The molecular weight excluding hydrogens is 354 g/mol. The fourth-order valence-corrected chi connectivity index (χ4v) is 3.40. The fourth-order valence-electron chi connectivity index (χ4n) is 3.40. The van der Waals surface area contributed by atoms with Crippen LogP contribution in [0, 0.1) is 0 Å². The standard InChI is InChI=1S/C21H19N5O2/c1-13(27)24-17-5-3-4-15(10-17)19-12-21(26(25-19)14(2)28)16-6-7-18-20(11-16)23-9-8-22-18/h3-11,21H,12H2,1-2H3,(H,24,27). The first-order valence-electron chi connectivity index (χ1n) is 8.97. The fraction of sp³-hybridized carbons (Fsp3) is 0.190. The number of benzene rings is 2. The quantitative estimate of drug-likeness (QED) is 0.763. The van der Waals surface area contributed by atoms with E-state index in [0.717, 1.165) is 27.9 Å². The van der Waals surface area contributed by atoms with E-state index in [2.05, 4.69) is 20.4 Å². The number of amides is 2. The monoisotopic (exact) mass is 373 g/mol. The van der Waals surface area contributed by atoms with Crippen molar-refractivity contribution < 1.29 is 9.59 Å². The summed E-state index contributed by atoms with van der Waals surface area (Å²) in [6.45, 7) is 2.98. The Balaban J connectivity index is 1.67. The largest absolute Gasteiger partial charge is 0.326 e. The van der Waals surface area contributed by atoms with Gasteiger partial charge < -0.3 is 5.32 Å². The third-order valence-electron chi connectivity index (χ3n) is 4.63. The number of hydrogen-bond donors (Lipinski definition) is 1. The highest BCUT2D eigenvalue weighted by Crippen LogP contribution is 2.34. The van der Waals surface area contributed by atoms with Gasteiger partial charge in [0.05, 0.1) is 22.8 Å². The van der Waals surface area contributed by atoms with Crippen LogP contribution in [-0.2, 0) is 9.59 Å². The van der Waals surface area contributed by atoms with Gasteiger partial charge in [-0.3, -0.25) is 19.6 Å². The van der Waals surface area contributed by atoms with Gasteiger partial charge >= 0.3 is 0 Å². The Labute approximate surface area is 162 Å². The van der Waals surface area contributed by atoms with Gasteiger partial charge in [-0.25, -0.2) is 5.01 Å². The Morgan fingerprint density at radius 2 is 1.82 bits per heavy atom. The lowest BCUT2D eigenvalue weighted by Gasteiger charge is -2.20. The van der Waals surface area contributed by atoms with Crippen molar-refractivity contribution in [3.8, 4) is 0 Å². The summed E-state index contributed by atoms with van der Waals surface area (Å²) in [5, 5.41) is 8.86. The number of fused-ring (bicyclic) bond motifs is 1. The van der Waals surface area contributed by atoms with E-state index in [1.807, 2.05) is 42.5 Å². The molecule has 7 heteroatoms. The zero-order valence-electron chi connectivity index (χ0n) is 15.6. The average molecular weight is 373 g/mol. The van der Waals surface area contributed by atoms with Crippen LogP contribution in [0.5, 0.6) is 0 Å². The van der Waals surface area contributed by atoms with Crippen LogP contribution in [0.1, 0.15) is 37.4 Å². The minimum Gasteiger partial charge on any atom is -0.326 e. The van der Waals surface area contributed by atoms with Crippen molar-refractivity contribution in [3.63, 3.8) is 0 Å².